The molecule has 10 nitrogen and oxygen atoms in total. The number of hydrogen-bond donors (Lipinski definition) is 1. The van der Waals surface area contributed by atoms with Gasteiger partial charge in [0.2, 0.25) is 15.9 Å². The zero-order chi connectivity index (χ0) is 29.6. The van der Waals surface area contributed by atoms with Crippen LogP contribution in [0.3, 0.4) is 0 Å². The van der Waals surface area contributed by atoms with Gasteiger partial charge in [-0.15, -0.1) is 11.3 Å². The van der Waals surface area contributed by atoms with Gasteiger partial charge in [-0.1, -0.05) is 13.8 Å². The molecular formula is C29H35N5O5S2. The summed E-state index contributed by atoms with van der Waals surface area (Å²) in [6.45, 7) is 11.0. The molecule has 5 rings (SSSR count). The number of aryl methyl sites for hydroxylation is 2. The van der Waals surface area contributed by atoms with E-state index in [1.165, 1.54) is 51.5 Å². The summed E-state index contributed by atoms with van der Waals surface area (Å²) >= 11 is 1.28. The van der Waals surface area contributed by atoms with Gasteiger partial charge in [0.1, 0.15) is 5.00 Å². The Morgan fingerprint density at radius 2 is 1.71 bits per heavy atom. The molecule has 2 aliphatic rings. The highest BCUT2D eigenvalue weighted by atomic mass is 32.2. The first-order valence-electron chi connectivity index (χ1n) is 13.7. The predicted octanol–water partition coefficient (Wildman–Crippen LogP) is 4.07. The maximum Gasteiger partial charge on any atom is 0.281 e. The van der Waals surface area contributed by atoms with Crippen molar-refractivity contribution in [1.82, 2.24) is 19.0 Å². The molecule has 2 aliphatic heterocycles. The van der Waals surface area contributed by atoms with Crippen LogP contribution >= 0.6 is 11.3 Å². The maximum absolute atomic E-state index is 13.7. The van der Waals surface area contributed by atoms with Crippen molar-refractivity contribution in [2.75, 3.05) is 25.0 Å². The Balaban J connectivity index is 1.43. The van der Waals surface area contributed by atoms with Gasteiger partial charge in [0.15, 0.2) is 0 Å². The molecule has 0 radical (unpaired) electrons. The van der Waals surface area contributed by atoms with Gasteiger partial charge in [0.05, 0.1) is 22.7 Å². The van der Waals surface area contributed by atoms with Crippen molar-refractivity contribution >= 4 is 44.1 Å². The van der Waals surface area contributed by atoms with Crippen LogP contribution in [0, 0.1) is 25.7 Å². The van der Waals surface area contributed by atoms with E-state index in [-0.39, 0.29) is 34.1 Å². The number of hydrogen-bond acceptors (Lipinski definition) is 7. The van der Waals surface area contributed by atoms with E-state index in [1.807, 2.05) is 13.0 Å². The average molecular weight is 598 g/mol. The SMILES string of the molecule is CC(=O)N1CCc2c(sc(NC(=O)c3ccc(S(=O)(=O)N4CC(C)CC(C)C4)cc3)c2C(=O)n2nc(C)cc2C)C1. The quantitative estimate of drug-likeness (QED) is 0.473. The number of amides is 2. The third-order valence-corrected chi connectivity index (χ3v) is 10.7. The highest BCUT2D eigenvalue weighted by Gasteiger charge is 2.33. The van der Waals surface area contributed by atoms with Gasteiger partial charge in [-0.05, 0) is 74.4 Å². The van der Waals surface area contributed by atoms with Crippen molar-refractivity contribution < 1.29 is 22.8 Å². The van der Waals surface area contributed by atoms with Crippen molar-refractivity contribution in [3.63, 3.8) is 0 Å². The van der Waals surface area contributed by atoms with E-state index in [2.05, 4.69) is 24.3 Å². The van der Waals surface area contributed by atoms with Crippen LogP contribution in [0.5, 0.6) is 0 Å². The van der Waals surface area contributed by atoms with Crippen LogP contribution in [0.2, 0.25) is 0 Å². The molecule has 2 aromatic heterocycles. The zero-order valence-corrected chi connectivity index (χ0v) is 25.6. The number of aromatic nitrogens is 2. The zero-order valence-electron chi connectivity index (χ0n) is 23.9. The second-order valence-electron chi connectivity index (χ2n) is 11.3. The van der Waals surface area contributed by atoms with Crippen LogP contribution in [0.25, 0.3) is 0 Å². The molecule has 1 N–H and O–H groups in total. The lowest BCUT2D eigenvalue weighted by Crippen LogP contribution is -2.42. The van der Waals surface area contributed by atoms with E-state index in [9.17, 15) is 22.8 Å². The largest absolute Gasteiger partial charge is 0.337 e. The number of carbonyl (C=O) groups excluding carboxylic acids is 3. The molecule has 3 aromatic rings. The first kappa shape index (κ1) is 29.2. The number of carbonyl (C=O) groups is 3. The molecule has 4 heterocycles. The lowest BCUT2D eigenvalue weighted by molar-refractivity contribution is -0.129. The molecule has 41 heavy (non-hydrogen) atoms. The van der Waals surface area contributed by atoms with E-state index in [0.717, 1.165) is 16.9 Å². The van der Waals surface area contributed by atoms with E-state index < -0.39 is 15.9 Å². The molecule has 0 aliphatic carbocycles. The average Bonchev–Trinajstić information content (AvgIpc) is 3.45. The summed E-state index contributed by atoms with van der Waals surface area (Å²) < 4.78 is 29.4. The minimum atomic E-state index is -3.68. The van der Waals surface area contributed by atoms with Crippen molar-refractivity contribution in [3.8, 4) is 0 Å². The Bertz CT molecular complexity index is 1610. The molecule has 0 bridgehead atoms. The van der Waals surface area contributed by atoms with Crippen LogP contribution < -0.4 is 5.32 Å². The fourth-order valence-corrected chi connectivity index (χ4v) is 8.76. The van der Waals surface area contributed by atoms with Gasteiger partial charge in [-0.3, -0.25) is 14.4 Å². The van der Waals surface area contributed by atoms with Gasteiger partial charge in [0, 0.05) is 42.7 Å². The van der Waals surface area contributed by atoms with Crippen molar-refractivity contribution in [2.24, 2.45) is 11.8 Å². The number of nitrogens with one attached hydrogen (secondary N) is 1. The lowest BCUT2D eigenvalue weighted by atomic mass is 9.94. The smallest absolute Gasteiger partial charge is 0.281 e. The summed E-state index contributed by atoms with van der Waals surface area (Å²) in [4.78, 5) is 41.8. The Hall–Kier alpha value is -3.35. The third-order valence-electron chi connectivity index (χ3n) is 7.73. The summed E-state index contributed by atoms with van der Waals surface area (Å²) in [6.07, 6.45) is 1.48. The molecule has 2 amide bonds. The van der Waals surface area contributed by atoms with Gasteiger partial charge in [-0.25, -0.2) is 13.1 Å². The third kappa shape index (κ3) is 5.73. The standard InChI is InChI=1S/C29H35N5O5S2/c1-17-12-18(2)15-33(14-17)41(38,39)23-8-6-22(7-9-23)27(36)30-28-26(29(37)34-20(4)13-19(3)31-34)24-10-11-32(21(5)35)16-25(24)40-28/h6-9,13,17-18H,10-12,14-16H2,1-5H3,(H,30,36). The number of anilines is 1. The minimum absolute atomic E-state index is 0.0513. The first-order chi connectivity index (χ1) is 19.3. The monoisotopic (exact) mass is 597 g/mol. The highest BCUT2D eigenvalue weighted by molar-refractivity contribution is 7.89. The summed E-state index contributed by atoms with van der Waals surface area (Å²) in [6, 6.07) is 7.72. The predicted molar refractivity (Wildman–Crippen MR) is 157 cm³/mol. The van der Waals surface area contributed by atoms with E-state index in [4.69, 9.17) is 0 Å². The van der Waals surface area contributed by atoms with Crippen molar-refractivity contribution in [3.05, 3.63) is 63.3 Å². The number of benzene rings is 1. The van der Waals surface area contributed by atoms with Crippen molar-refractivity contribution in [1.29, 1.82) is 0 Å². The molecular weight excluding hydrogens is 562 g/mol. The molecule has 0 saturated carbocycles. The summed E-state index contributed by atoms with van der Waals surface area (Å²) in [5, 5.41) is 7.63. The van der Waals surface area contributed by atoms with Crippen LogP contribution in [-0.2, 0) is 27.8 Å². The molecule has 1 fully saturated rings. The van der Waals surface area contributed by atoms with E-state index in [1.54, 1.807) is 11.8 Å². The van der Waals surface area contributed by atoms with Crippen LogP contribution in [0.1, 0.15) is 69.7 Å². The number of thiophene rings is 1. The molecule has 2 atom stereocenters. The number of rotatable bonds is 5. The number of sulfonamides is 1. The van der Waals surface area contributed by atoms with Gasteiger partial charge < -0.3 is 10.2 Å². The second kappa shape index (κ2) is 11.1. The van der Waals surface area contributed by atoms with Gasteiger partial charge in [0.25, 0.3) is 11.8 Å². The number of fused-ring (bicyclic) bond motifs is 1. The molecule has 218 valence electrons. The number of nitrogens with zero attached hydrogens (tertiary/aromatic N) is 4. The fourth-order valence-electron chi connectivity index (χ4n) is 5.83. The second-order valence-corrected chi connectivity index (χ2v) is 14.3. The normalized spacial score (nSPS) is 19.6. The Morgan fingerprint density at radius 3 is 2.29 bits per heavy atom. The molecule has 0 spiro atoms. The van der Waals surface area contributed by atoms with Gasteiger partial charge >= 0.3 is 0 Å². The van der Waals surface area contributed by atoms with E-state index in [0.29, 0.717) is 54.6 Å². The summed E-state index contributed by atoms with van der Waals surface area (Å²) in [5.41, 5.74) is 2.84. The van der Waals surface area contributed by atoms with Crippen LogP contribution in [-0.4, -0.2) is 64.8 Å². The fraction of sp³-hybridized carbons (Fsp3) is 0.448. The number of piperidine rings is 1. The van der Waals surface area contributed by atoms with Gasteiger partial charge in [-0.2, -0.15) is 9.40 Å². The van der Waals surface area contributed by atoms with E-state index >= 15 is 0 Å². The Labute approximate surface area is 244 Å². The lowest BCUT2D eigenvalue weighted by Gasteiger charge is -2.34. The molecule has 1 aromatic carbocycles. The highest BCUT2D eigenvalue weighted by Crippen LogP contribution is 2.38. The summed E-state index contributed by atoms with van der Waals surface area (Å²) in [5.74, 6) is -0.289. The van der Waals surface area contributed by atoms with Crippen LogP contribution in [0.4, 0.5) is 5.00 Å². The van der Waals surface area contributed by atoms with Crippen molar-refractivity contribution in [2.45, 2.75) is 58.9 Å². The molecule has 1 saturated heterocycles. The Morgan fingerprint density at radius 1 is 1.05 bits per heavy atom. The van der Waals surface area contributed by atoms with Crippen LogP contribution in [0.15, 0.2) is 35.2 Å². The minimum Gasteiger partial charge on any atom is -0.337 e. The molecule has 2 unspecified atom stereocenters. The first-order valence-corrected chi connectivity index (χ1v) is 16.0. The topological polar surface area (TPSA) is 122 Å². The molecule has 12 heteroatoms. The maximum atomic E-state index is 13.7. The Kier molecular flexibility index (Phi) is 7.92. The summed E-state index contributed by atoms with van der Waals surface area (Å²) in [7, 11) is -3.68.